The first-order chi connectivity index (χ1) is 9.63. The summed E-state index contributed by atoms with van der Waals surface area (Å²) in [5.74, 6) is 1.42. The fourth-order valence-corrected chi connectivity index (χ4v) is 3.29. The van der Waals surface area contributed by atoms with E-state index in [1.165, 1.54) is 11.1 Å². The van der Waals surface area contributed by atoms with Gasteiger partial charge in [-0.1, -0.05) is 29.8 Å². The summed E-state index contributed by atoms with van der Waals surface area (Å²) in [7, 11) is 0. The highest BCUT2D eigenvalue weighted by molar-refractivity contribution is 7.99. The molecular weight excluding hydrogens is 288 g/mol. The van der Waals surface area contributed by atoms with Crippen molar-refractivity contribution in [1.82, 2.24) is 10.3 Å². The molecule has 0 aliphatic heterocycles. The van der Waals surface area contributed by atoms with Crippen molar-refractivity contribution in [1.29, 1.82) is 0 Å². The van der Waals surface area contributed by atoms with Crippen molar-refractivity contribution in [3.8, 4) is 0 Å². The van der Waals surface area contributed by atoms with Crippen molar-refractivity contribution in [2.75, 3.05) is 5.75 Å². The van der Waals surface area contributed by atoms with Crippen molar-refractivity contribution >= 4 is 29.0 Å². The van der Waals surface area contributed by atoms with Crippen LogP contribution in [0.3, 0.4) is 0 Å². The van der Waals surface area contributed by atoms with Gasteiger partial charge in [-0.3, -0.25) is 4.79 Å². The average Bonchev–Trinajstić information content (AvgIpc) is 2.82. The molecule has 2 aromatic rings. The molecule has 0 unspecified atom stereocenters. The summed E-state index contributed by atoms with van der Waals surface area (Å²) in [5.41, 5.74) is 3.53. The van der Waals surface area contributed by atoms with Gasteiger partial charge in [-0.05, 0) is 19.4 Å². The van der Waals surface area contributed by atoms with Crippen LogP contribution in [0.4, 0.5) is 0 Å². The van der Waals surface area contributed by atoms with E-state index in [0.29, 0.717) is 12.3 Å². The van der Waals surface area contributed by atoms with Crippen molar-refractivity contribution in [3.63, 3.8) is 0 Å². The fraction of sp³-hybridized carbons (Fsp3) is 0.333. The molecule has 0 fully saturated rings. The van der Waals surface area contributed by atoms with E-state index in [1.807, 2.05) is 12.3 Å². The molecule has 0 spiro atoms. The lowest BCUT2D eigenvalue weighted by Crippen LogP contribution is -2.24. The van der Waals surface area contributed by atoms with E-state index in [4.69, 9.17) is 0 Å². The number of amides is 1. The molecule has 5 heteroatoms. The van der Waals surface area contributed by atoms with Gasteiger partial charge in [0.2, 0.25) is 5.91 Å². The third-order valence-electron chi connectivity index (χ3n) is 2.69. The molecule has 1 amide bonds. The summed E-state index contributed by atoms with van der Waals surface area (Å²) in [4.78, 5) is 16.0. The van der Waals surface area contributed by atoms with E-state index >= 15 is 0 Å². The predicted octanol–water partition coefficient (Wildman–Crippen LogP) is 3.31. The van der Waals surface area contributed by atoms with Gasteiger partial charge in [0.15, 0.2) is 0 Å². The molecule has 0 radical (unpaired) electrons. The number of aromatic nitrogens is 1. The molecule has 106 valence electrons. The maximum absolute atomic E-state index is 11.7. The highest BCUT2D eigenvalue weighted by atomic mass is 32.2. The van der Waals surface area contributed by atoms with Gasteiger partial charge in [0.25, 0.3) is 0 Å². The number of thiazole rings is 1. The Balaban J connectivity index is 1.67. The summed E-state index contributed by atoms with van der Waals surface area (Å²) >= 11 is 3.22. The zero-order chi connectivity index (χ0) is 14.4. The van der Waals surface area contributed by atoms with Gasteiger partial charge >= 0.3 is 0 Å². The monoisotopic (exact) mass is 306 g/mol. The lowest BCUT2D eigenvalue weighted by atomic mass is 10.2. The molecule has 3 nitrogen and oxygen atoms in total. The van der Waals surface area contributed by atoms with E-state index in [2.05, 4.69) is 41.5 Å². The molecule has 0 atom stereocenters. The minimum atomic E-state index is 0.0653. The van der Waals surface area contributed by atoms with Gasteiger partial charge in [0, 0.05) is 16.8 Å². The Kier molecular flexibility index (Phi) is 5.61. The number of carbonyl (C=O) groups is 1. The molecule has 1 N–H and O–H groups in total. The number of hydrogen-bond donors (Lipinski definition) is 1. The second-order valence-electron chi connectivity index (χ2n) is 4.64. The third kappa shape index (κ3) is 4.98. The molecule has 0 bridgehead atoms. The summed E-state index contributed by atoms with van der Waals surface area (Å²) < 4.78 is 0. The standard InChI is InChI=1S/C15H18N2OS2/c1-11-4-3-5-13(6-11)9-19-10-14(18)16-7-15-17-12(2)8-20-15/h3-6,8H,7,9-10H2,1-2H3,(H,16,18). The van der Waals surface area contributed by atoms with E-state index in [9.17, 15) is 4.79 Å². The predicted molar refractivity (Wildman–Crippen MR) is 86.0 cm³/mol. The summed E-state index contributed by atoms with van der Waals surface area (Å²) in [6.45, 7) is 4.57. The lowest BCUT2D eigenvalue weighted by molar-refractivity contribution is -0.118. The first kappa shape index (κ1) is 15.1. The van der Waals surface area contributed by atoms with Crippen LogP contribution in [0, 0.1) is 13.8 Å². The second-order valence-corrected chi connectivity index (χ2v) is 6.57. The molecule has 1 aromatic heterocycles. The number of hydrogen-bond acceptors (Lipinski definition) is 4. The Labute approximate surface area is 127 Å². The minimum Gasteiger partial charge on any atom is -0.349 e. The van der Waals surface area contributed by atoms with Crippen molar-refractivity contribution in [3.05, 3.63) is 51.5 Å². The van der Waals surface area contributed by atoms with Crippen molar-refractivity contribution in [2.24, 2.45) is 0 Å². The lowest BCUT2D eigenvalue weighted by Gasteiger charge is -2.04. The fourth-order valence-electron chi connectivity index (χ4n) is 1.77. The molecule has 2 rings (SSSR count). The maximum atomic E-state index is 11.7. The molecule has 0 saturated heterocycles. The van der Waals surface area contributed by atoms with Crippen LogP contribution >= 0.6 is 23.1 Å². The number of benzene rings is 1. The first-order valence-electron chi connectivity index (χ1n) is 6.44. The van der Waals surface area contributed by atoms with E-state index in [-0.39, 0.29) is 5.91 Å². The Morgan fingerprint density at radius 2 is 2.25 bits per heavy atom. The van der Waals surface area contributed by atoms with Gasteiger partial charge in [-0.25, -0.2) is 4.98 Å². The zero-order valence-electron chi connectivity index (χ0n) is 11.7. The number of nitrogens with zero attached hydrogens (tertiary/aromatic N) is 1. The summed E-state index contributed by atoms with van der Waals surface area (Å²) in [6, 6.07) is 8.38. The van der Waals surface area contributed by atoms with Crippen LogP contribution in [0.2, 0.25) is 0 Å². The third-order valence-corrected chi connectivity index (χ3v) is 4.66. The van der Waals surface area contributed by atoms with Gasteiger partial charge in [0.05, 0.1) is 12.3 Å². The molecule has 0 aliphatic carbocycles. The van der Waals surface area contributed by atoms with Crippen LogP contribution in [0.1, 0.15) is 21.8 Å². The van der Waals surface area contributed by atoms with E-state index in [1.54, 1.807) is 23.1 Å². The molecule has 0 aliphatic rings. The largest absolute Gasteiger partial charge is 0.349 e. The average molecular weight is 306 g/mol. The number of carbonyl (C=O) groups excluding carboxylic acids is 1. The zero-order valence-corrected chi connectivity index (χ0v) is 13.3. The Bertz CT molecular complexity index is 581. The molecular formula is C15H18N2OS2. The minimum absolute atomic E-state index is 0.0653. The molecule has 1 aromatic carbocycles. The Hall–Kier alpha value is -1.33. The summed E-state index contributed by atoms with van der Waals surface area (Å²) in [5, 5.41) is 5.85. The van der Waals surface area contributed by atoms with Crippen molar-refractivity contribution < 1.29 is 4.79 Å². The normalized spacial score (nSPS) is 10.5. The highest BCUT2D eigenvalue weighted by Gasteiger charge is 2.04. The quantitative estimate of drug-likeness (QED) is 0.890. The van der Waals surface area contributed by atoms with E-state index in [0.717, 1.165) is 16.5 Å². The van der Waals surface area contributed by atoms with Gasteiger partial charge < -0.3 is 5.32 Å². The van der Waals surface area contributed by atoms with Crippen LogP contribution in [0.15, 0.2) is 29.6 Å². The number of aryl methyl sites for hydroxylation is 2. The van der Waals surface area contributed by atoms with Crippen LogP contribution in [0.5, 0.6) is 0 Å². The van der Waals surface area contributed by atoms with Crippen LogP contribution < -0.4 is 5.32 Å². The Morgan fingerprint density at radius 3 is 2.95 bits per heavy atom. The first-order valence-corrected chi connectivity index (χ1v) is 8.48. The molecule has 1 heterocycles. The van der Waals surface area contributed by atoms with Gasteiger partial charge in [-0.2, -0.15) is 0 Å². The summed E-state index contributed by atoms with van der Waals surface area (Å²) in [6.07, 6.45) is 0. The van der Waals surface area contributed by atoms with Gasteiger partial charge in [-0.15, -0.1) is 23.1 Å². The number of thioether (sulfide) groups is 1. The molecule has 20 heavy (non-hydrogen) atoms. The van der Waals surface area contributed by atoms with Crippen LogP contribution in [-0.4, -0.2) is 16.6 Å². The smallest absolute Gasteiger partial charge is 0.230 e. The van der Waals surface area contributed by atoms with Crippen LogP contribution in [-0.2, 0) is 17.1 Å². The van der Waals surface area contributed by atoms with Crippen LogP contribution in [0.25, 0.3) is 0 Å². The highest BCUT2D eigenvalue weighted by Crippen LogP contribution is 2.13. The van der Waals surface area contributed by atoms with Crippen molar-refractivity contribution in [2.45, 2.75) is 26.1 Å². The second kappa shape index (κ2) is 7.45. The van der Waals surface area contributed by atoms with Gasteiger partial charge in [0.1, 0.15) is 5.01 Å². The number of nitrogens with one attached hydrogen (secondary N) is 1. The number of rotatable bonds is 6. The van der Waals surface area contributed by atoms with E-state index < -0.39 is 0 Å². The SMILES string of the molecule is Cc1cccc(CSCC(=O)NCc2nc(C)cs2)c1. The maximum Gasteiger partial charge on any atom is 0.230 e. The topological polar surface area (TPSA) is 42.0 Å². The Morgan fingerprint density at radius 1 is 1.40 bits per heavy atom. The molecule has 0 saturated carbocycles.